The Morgan fingerprint density at radius 2 is 1.96 bits per heavy atom. The first-order chi connectivity index (χ1) is 11.4. The van der Waals surface area contributed by atoms with Crippen molar-refractivity contribution in [1.29, 1.82) is 0 Å². The molecule has 8 heteroatoms. The summed E-state index contributed by atoms with van der Waals surface area (Å²) in [5.74, 6) is -1.47. The van der Waals surface area contributed by atoms with E-state index >= 15 is 0 Å². The van der Waals surface area contributed by atoms with Crippen LogP contribution in [0.15, 0.2) is 30.5 Å². The van der Waals surface area contributed by atoms with Crippen molar-refractivity contribution in [3.63, 3.8) is 0 Å². The molecule has 2 aromatic rings. The molecule has 0 aliphatic rings. The van der Waals surface area contributed by atoms with E-state index in [2.05, 4.69) is 10.3 Å². The van der Waals surface area contributed by atoms with E-state index in [4.69, 9.17) is 5.11 Å². The zero-order valence-electron chi connectivity index (χ0n) is 13.6. The molecule has 1 heterocycles. The van der Waals surface area contributed by atoms with Crippen LogP contribution in [0.2, 0.25) is 0 Å². The lowest BCUT2D eigenvalue weighted by molar-refractivity contribution is -0.133. The first kappa shape index (κ1) is 17.6. The molecule has 1 aromatic carbocycles. The SMILES string of the molecule is CCN(CC(O)c1ccc(C)cc1)C(=O)Cn1cc(C(=O)O)nn1. The third-order valence-electron chi connectivity index (χ3n) is 3.64. The van der Waals surface area contributed by atoms with Crippen LogP contribution >= 0.6 is 0 Å². The minimum Gasteiger partial charge on any atom is -0.476 e. The maximum absolute atomic E-state index is 12.3. The van der Waals surface area contributed by atoms with Crippen molar-refractivity contribution in [2.45, 2.75) is 26.5 Å². The Labute approximate surface area is 139 Å². The highest BCUT2D eigenvalue weighted by molar-refractivity contribution is 5.84. The number of rotatable bonds is 7. The Morgan fingerprint density at radius 1 is 1.29 bits per heavy atom. The summed E-state index contributed by atoms with van der Waals surface area (Å²) in [4.78, 5) is 24.6. The molecule has 24 heavy (non-hydrogen) atoms. The van der Waals surface area contributed by atoms with Crippen molar-refractivity contribution in [1.82, 2.24) is 19.9 Å². The first-order valence-corrected chi connectivity index (χ1v) is 7.56. The second-order valence-corrected chi connectivity index (χ2v) is 5.47. The van der Waals surface area contributed by atoms with Gasteiger partial charge in [0.05, 0.1) is 18.8 Å². The number of aliphatic hydroxyl groups is 1. The predicted molar refractivity (Wildman–Crippen MR) is 85.4 cm³/mol. The van der Waals surface area contributed by atoms with Crippen molar-refractivity contribution >= 4 is 11.9 Å². The van der Waals surface area contributed by atoms with E-state index in [1.165, 1.54) is 15.8 Å². The number of aromatic nitrogens is 3. The molecule has 0 saturated carbocycles. The third-order valence-corrected chi connectivity index (χ3v) is 3.64. The molecule has 2 N–H and O–H groups in total. The maximum atomic E-state index is 12.3. The van der Waals surface area contributed by atoms with Crippen molar-refractivity contribution in [2.75, 3.05) is 13.1 Å². The van der Waals surface area contributed by atoms with E-state index in [9.17, 15) is 14.7 Å². The standard InChI is InChI=1S/C16H20N4O4/c1-3-19(9-14(21)12-6-4-11(2)5-7-12)15(22)10-20-8-13(16(23)24)17-18-20/h4-8,14,21H,3,9-10H2,1-2H3,(H,23,24). The molecule has 0 radical (unpaired) electrons. The van der Waals surface area contributed by atoms with Crippen molar-refractivity contribution in [3.05, 3.63) is 47.3 Å². The van der Waals surface area contributed by atoms with Gasteiger partial charge in [0.2, 0.25) is 5.91 Å². The van der Waals surface area contributed by atoms with Gasteiger partial charge in [-0.05, 0) is 19.4 Å². The fourth-order valence-electron chi connectivity index (χ4n) is 2.22. The van der Waals surface area contributed by atoms with Crippen molar-refractivity contribution in [3.8, 4) is 0 Å². The Bertz CT molecular complexity index is 711. The summed E-state index contributed by atoms with van der Waals surface area (Å²) in [7, 11) is 0. The minimum absolute atomic E-state index is 0.130. The number of nitrogens with zero attached hydrogens (tertiary/aromatic N) is 4. The molecule has 2 rings (SSSR count). The van der Waals surface area contributed by atoms with Crippen LogP contribution in [0.4, 0.5) is 0 Å². The van der Waals surface area contributed by atoms with Gasteiger partial charge in [0.1, 0.15) is 6.54 Å². The third kappa shape index (κ3) is 4.39. The fourth-order valence-corrected chi connectivity index (χ4v) is 2.22. The van der Waals surface area contributed by atoms with Gasteiger partial charge in [0.15, 0.2) is 5.69 Å². The fraction of sp³-hybridized carbons (Fsp3) is 0.375. The Kier molecular flexibility index (Phi) is 5.64. The first-order valence-electron chi connectivity index (χ1n) is 7.56. The summed E-state index contributed by atoms with van der Waals surface area (Å²) in [5.41, 5.74) is 1.61. The van der Waals surface area contributed by atoms with E-state index in [1.807, 2.05) is 38.1 Å². The van der Waals surface area contributed by atoms with Crippen molar-refractivity contribution in [2.24, 2.45) is 0 Å². The lowest BCUT2D eigenvalue weighted by atomic mass is 10.1. The molecular weight excluding hydrogens is 312 g/mol. The molecular formula is C16H20N4O4. The molecule has 1 unspecified atom stereocenters. The number of aliphatic hydroxyl groups excluding tert-OH is 1. The summed E-state index contributed by atoms with van der Waals surface area (Å²) in [5, 5.41) is 26.2. The van der Waals surface area contributed by atoms with E-state index in [0.29, 0.717) is 6.54 Å². The number of hydrogen-bond acceptors (Lipinski definition) is 5. The van der Waals surface area contributed by atoms with Crippen molar-refractivity contribution < 1.29 is 19.8 Å². The summed E-state index contributed by atoms with van der Waals surface area (Å²) < 4.78 is 1.17. The van der Waals surface area contributed by atoms with Crippen LogP contribution in [0.3, 0.4) is 0 Å². The highest BCUT2D eigenvalue weighted by Crippen LogP contribution is 2.15. The minimum atomic E-state index is -1.20. The van der Waals surface area contributed by atoms with Gasteiger partial charge in [0, 0.05) is 6.54 Å². The van der Waals surface area contributed by atoms with Gasteiger partial charge in [-0.2, -0.15) is 0 Å². The zero-order chi connectivity index (χ0) is 17.7. The number of likely N-dealkylation sites (N-methyl/N-ethyl adjacent to an activating group) is 1. The lowest BCUT2D eigenvalue weighted by Gasteiger charge is -2.24. The van der Waals surface area contributed by atoms with Crippen LogP contribution in [0.25, 0.3) is 0 Å². The summed E-state index contributed by atoms with van der Waals surface area (Å²) in [6.07, 6.45) is 0.407. The highest BCUT2D eigenvalue weighted by Gasteiger charge is 2.19. The lowest BCUT2D eigenvalue weighted by Crippen LogP contribution is -2.37. The second-order valence-electron chi connectivity index (χ2n) is 5.47. The number of carboxylic acids is 1. The molecule has 0 fully saturated rings. The van der Waals surface area contributed by atoms with Gasteiger partial charge in [-0.3, -0.25) is 4.79 Å². The molecule has 1 atom stereocenters. The number of aryl methyl sites for hydroxylation is 1. The quantitative estimate of drug-likeness (QED) is 0.779. The van der Waals surface area contributed by atoms with Crippen LogP contribution in [-0.2, 0) is 11.3 Å². The average molecular weight is 332 g/mol. The van der Waals surface area contributed by atoms with Gasteiger partial charge in [-0.25, -0.2) is 9.48 Å². The van der Waals surface area contributed by atoms with E-state index in [1.54, 1.807) is 0 Å². The van der Waals surface area contributed by atoms with Gasteiger partial charge < -0.3 is 15.1 Å². The monoisotopic (exact) mass is 332 g/mol. The van der Waals surface area contributed by atoms with Crippen LogP contribution in [-0.4, -0.2) is 55.1 Å². The number of benzene rings is 1. The van der Waals surface area contributed by atoms with Gasteiger partial charge in [-0.15, -0.1) is 5.10 Å². The van der Waals surface area contributed by atoms with Gasteiger partial charge >= 0.3 is 5.97 Å². The van der Waals surface area contributed by atoms with E-state index in [0.717, 1.165) is 11.1 Å². The smallest absolute Gasteiger partial charge is 0.358 e. The molecule has 0 aliphatic carbocycles. The molecule has 1 amide bonds. The van der Waals surface area contributed by atoms with Gasteiger partial charge in [-0.1, -0.05) is 35.0 Å². The molecule has 128 valence electrons. The van der Waals surface area contributed by atoms with E-state index < -0.39 is 12.1 Å². The Hall–Kier alpha value is -2.74. The average Bonchev–Trinajstić information content (AvgIpc) is 3.01. The molecule has 0 bridgehead atoms. The van der Waals surface area contributed by atoms with Crippen LogP contribution < -0.4 is 0 Å². The zero-order valence-corrected chi connectivity index (χ0v) is 13.6. The second kappa shape index (κ2) is 7.69. The summed E-state index contributed by atoms with van der Waals surface area (Å²) >= 11 is 0. The molecule has 0 saturated heterocycles. The molecule has 1 aromatic heterocycles. The molecule has 8 nitrogen and oxygen atoms in total. The van der Waals surface area contributed by atoms with Crippen LogP contribution in [0.1, 0.15) is 34.6 Å². The number of amides is 1. The summed E-state index contributed by atoms with van der Waals surface area (Å²) in [6, 6.07) is 7.46. The normalized spacial score (nSPS) is 12.0. The largest absolute Gasteiger partial charge is 0.476 e. The number of carbonyl (C=O) groups excluding carboxylic acids is 1. The number of carbonyl (C=O) groups is 2. The molecule has 0 aliphatic heterocycles. The van der Waals surface area contributed by atoms with Crippen LogP contribution in [0.5, 0.6) is 0 Å². The topological polar surface area (TPSA) is 109 Å². The number of carboxylic acid groups (broad SMARTS) is 1. The van der Waals surface area contributed by atoms with Gasteiger partial charge in [0.25, 0.3) is 0 Å². The van der Waals surface area contributed by atoms with E-state index in [-0.39, 0.29) is 24.7 Å². The summed E-state index contributed by atoms with van der Waals surface area (Å²) in [6.45, 7) is 4.21. The highest BCUT2D eigenvalue weighted by atomic mass is 16.4. The molecule has 0 spiro atoms. The number of aromatic carboxylic acids is 1. The Morgan fingerprint density at radius 3 is 2.50 bits per heavy atom. The maximum Gasteiger partial charge on any atom is 0.358 e. The Balaban J connectivity index is 1.99. The van der Waals surface area contributed by atoms with Crippen LogP contribution in [0, 0.1) is 6.92 Å². The number of hydrogen-bond donors (Lipinski definition) is 2. The predicted octanol–water partition coefficient (Wildman–Crippen LogP) is 0.867.